The van der Waals surface area contributed by atoms with Gasteiger partial charge < -0.3 is 10.4 Å². The summed E-state index contributed by atoms with van der Waals surface area (Å²) in [5.74, 6) is -0.533. The van der Waals surface area contributed by atoms with Crippen LogP contribution in [0.5, 0.6) is 0 Å². The zero-order chi connectivity index (χ0) is 11.8. The van der Waals surface area contributed by atoms with E-state index in [-0.39, 0.29) is 6.42 Å². The Balaban J connectivity index is 2.19. The summed E-state index contributed by atoms with van der Waals surface area (Å²) in [6, 6.07) is -0.425. The van der Waals surface area contributed by atoms with Gasteiger partial charge in [0.05, 0.1) is 6.20 Å². The van der Waals surface area contributed by atoms with Gasteiger partial charge in [-0.3, -0.25) is 15.1 Å². The molecule has 7 nitrogen and oxygen atoms in total. The van der Waals surface area contributed by atoms with Gasteiger partial charge in [0, 0.05) is 25.4 Å². The Morgan fingerprint density at radius 1 is 1.38 bits per heavy atom. The Morgan fingerprint density at radius 3 is 2.81 bits per heavy atom. The summed E-state index contributed by atoms with van der Waals surface area (Å²) in [7, 11) is 0. The molecule has 0 bridgehead atoms. The van der Waals surface area contributed by atoms with Gasteiger partial charge in [0.15, 0.2) is 5.82 Å². The molecule has 0 radical (unpaired) electrons. The predicted octanol–water partition coefficient (Wildman–Crippen LogP) is 0.463. The van der Waals surface area contributed by atoms with Gasteiger partial charge in [-0.25, -0.2) is 9.78 Å². The third-order valence-electron chi connectivity index (χ3n) is 1.66. The summed E-state index contributed by atoms with van der Waals surface area (Å²) >= 11 is 0. The maximum absolute atomic E-state index is 11.2. The number of carbonyl (C=O) groups excluding carboxylic acids is 1. The van der Waals surface area contributed by atoms with Crippen LogP contribution in [0.2, 0.25) is 0 Å². The molecule has 3 N–H and O–H groups in total. The number of hydrogen-bond donors (Lipinski definition) is 3. The number of nitrogens with one attached hydrogen (secondary N) is 2. The molecule has 0 unspecified atom stereocenters. The van der Waals surface area contributed by atoms with Gasteiger partial charge in [-0.2, -0.15) is 0 Å². The minimum absolute atomic E-state index is 0.0332. The smallest absolute Gasteiger partial charge is 0.320 e. The van der Waals surface area contributed by atoms with E-state index in [1.165, 1.54) is 18.6 Å². The third kappa shape index (κ3) is 4.89. The fourth-order valence-corrected chi connectivity index (χ4v) is 0.966. The van der Waals surface area contributed by atoms with Crippen LogP contribution >= 0.6 is 0 Å². The molecule has 0 saturated carbocycles. The highest BCUT2D eigenvalue weighted by Gasteiger charge is 2.02. The van der Waals surface area contributed by atoms with Crippen molar-refractivity contribution in [3.8, 4) is 0 Å². The van der Waals surface area contributed by atoms with E-state index in [0.29, 0.717) is 18.8 Å². The number of urea groups is 1. The lowest BCUT2D eigenvalue weighted by molar-refractivity contribution is -0.137. The first-order valence-electron chi connectivity index (χ1n) is 4.71. The minimum Gasteiger partial charge on any atom is -0.481 e. The molecule has 0 aliphatic rings. The number of amides is 2. The predicted molar refractivity (Wildman–Crippen MR) is 55.9 cm³/mol. The number of aliphatic carboxylic acids is 1. The Hall–Kier alpha value is -2.18. The number of carbonyl (C=O) groups is 2. The second-order valence-corrected chi connectivity index (χ2v) is 2.97. The van der Waals surface area contributed by atoms with Crippen molar-refractivity contribution in [2.45, 2.75) is 12.8 Å². The van der Waals surface area contributed by atoms with Gasteiger partial charge in [-0.15, -0.1) is 0 Å². The summed E-state index contributed by atoms with van der Waals surface area (Å²) in [6.07, 6.45) is 4.79. The molecular weight excluding hydrogens is 212 g/mol. The molecule has 86 valence electrons. The van der Waals surface area contributed by atoms with Crippen LogP contribution in [-0.2, 0) is 4.79 Å². The van der Waals surface area contributed by atoms with Crippen LogP contribution in [0.25, 0.3) is 0 Å². The normalized spacial score (nSPS) is 9.50. The van der Waals surface area contributed by atoms with Gasteiger partial charge in [0.2, 0.25) is 0 Å². The van der Waals surface area contributed by atoms with Crippen molar-refractivity contribution in [1.82, 2.24) is 15.3 Å². The highest BCUT2D eigenvalue weighted by atomic mass is 16.4. The molecule has 0 saturated heterocycles. The fraction of sp³-hybridized carbons (Fsp3) is 0.333. The first-order valence-corrected chi connectivity index (χ1v) is 4.71. The average Bonchev–Trinajstić information content (AvgIpc) is 2.25. The molecule has 1 aromatic rings. The second kappa shape index (κ2) is 6.33. The van der Waals surface area contributed by atoms with Crippen molar-refractivity contribution < 1.29 is 14.7 Å². The van der Waals surface area contributed by atoms with E-state index in [9.17, 15) is 9.59 Å². The van der Waals surface area contributed by atoms with E-state index < -0.39 is 12.0 Å². The Bertz CT molecular complexity index is 355. The van der Waals surface area contributed by atoms with E-state index in [1.807, 2.05) is 0 Å². The van der Waals surface area contributed by atoms with E-state index in [4.69, 9.17) is 5.11 Å². The van der Waals surface area contributed by atoms with E-state index >= 15 is 0 Å². The van der Waals surface area contributed by atoms with E-state index in [1.54, 1.807) is 0 Å². The van der Waals surface area contributed by atoms with Crippen LogP contribution < -0.4 is 10.6 Å². The summed E-state index contributed by atoms with van der Waals surface area (Å²) in [5, 5.41) is 13.3. The summed E-state index contributed by atoms with van der Waals surface area (Å²) in [4.78, 5) is 29.0. The third-order valence-corrected chi connectivity index (χ3v) is 1.66. The lowest BCUT2D eigenvalue weighted by Crippen LogP contribution is -2.30. The zero-order valence-corrected chi connectivity index (χ0v) is 8.51. The lowest BCUT2D eigenvalue weighted by Gasteiger charge is -2.05. The summed E-state index contributed by atoms with van der Waals surface area (Å²) in [5.41, 5.74) is 0. The summed E-state index contributed by atoms with van der Waals surface area (Å²) in [6.45, 7) is 0.304. The largest absolute Gasteiger partial charge is 0.481 e. The highest BCUT2D eigenvalue weighted by molar-refractivity contribution is 5.87. The Labute approximate surface area is 91.9 Å². The van der Waals surface area contributed by atoms with Crippen LogP contribution in [0.15, 0.2) is 18.6 Å². The van der Waals surface area contributed by atoms with Crippen molar-refractivity contribution >= 4 is 17.8 Å². The van der Waals surface area contributed by atoms with Gasteiger partial charge in [-0.05, 0) is 6.42 Å². The van der Waals surface area contributed by atoms with Crippen LogP contribution in [0.1, 0.15) is 12.8 Å². The SMILES string of the molecule is O=C(O)CCCNC(=O)Nc1cnccn1. The molecule has 16 heavy (non-hydrogen) atoms. The van der Waals surface area contributed by atoms with Crippen molar-refractivity contribution in [3.05, 3.63) is 18.6 Å². The molecule has 2 amide bonds. The summed E-state index contributed by atoms with van der Waals surface area (Å²) < 4.78 is 0. The number of carboxylic acid groups (broad SMARTS) is 1. The van der Waals surface area contributed by atoms with Crippen molar-refractivity contribution in [2.24, 2.45) is 0 Å². The molecule has 0 aliphatic carbocycles. The van der Waals surface area contributed by atoms with Gasteiger partial charge in [0.1, 0.15) is 0 Å². The van der Waals surface area contributed by atoms with Gasteiger partial charge >= 0.3 is 12.0 Å². The number of anilines is 1. The van der Waals surface area contributed by atoms with Gasteiger partial charge in [-0.1, -0.05) is 0 Å². The molecule has 0 aliphatic heterocycles. The Kier molecular flexibility index (Phi) is 4.71. The van der Waals surface area contributed by atoms with E-state index in [0.717, 1.165) is 0 Å². The topological polar surface area (TPSA) is 104 Å². The first-order chi connectivity index (χ1) is 7.68. The molecule has 0 spiro atoms. The monoisotopic (exact) mass is 224 g/mol. The maximum atomic E-state index is 11.2. The number of nitrogens with zero attached hydrogens (tertiary/aromatic N) is 2. The van der Waals surface area contributed by atoms with Crippen molar-refractivity contribution in [2.75, 3.05) is 11.9 Å². The second-order valence-electron chi connectivity index (χ2n) is 2.97. The zero-order valence-electron chi connectivity index (χ0n) is 8.51. The molecule has 0 aromatic carbocycles. The molecule has 7 heteroatoms. The Morgan fingerprint density at radius 2 is 2.19 bits per heavy atom. The van der Waals surface area contributed by atoms with Crippen LogP contribution in [0.3, 0.4) is 0 Å². The van der Waals surface area contributed by atoms with Crippen LogP contribution in [-0.4, -0.2) is 33.6 Å². The molecule has 1 heterocycles. The maximum Gasteiger partial charge on any atom is 0.320 e. The van der Waals surface area contributed by atoms with Gasteiger partial charge in [0.25, 0.3) is 0 Å². The minimum atomic E-state index is -0.879. The van der Waals surface area contributed by atoms with Crippen LogP contribution in [0.4, 0.5) is 10.6 Å². The first kappa shape index (κ1) is 11.9. The number of carboxylic acids is 1. The van der Waals surface area contributed by atoms with Crippen molar-refractivity contribution in [3.63, 3.8) is 0 Å². The number of rotatable bonds is 5. The molecule has 0 fully saturated rings. The van der Waals surface area contributed by atoms with Crippen LogP contribution in [0, 0.1) is 0 Å². The van der Waals surface area contributed by atoms with E-state index in [2.05, 4.69) is 20.6 Å². The molecule has 0 atom stereocenters. The molecule has 1 rings (SSSR count). The lowest BCUT2D eigenvalue weighted by atomic mass is 10.3. The number of hydrogen-bond acceptors (Lipinski definition) is 4. The quantitative estimate of drug-likeness (QED) is 0.630. The molecular formula is C9H12N4O3. The fourth-order valence-electron chi connectivity index (χ4n) is 0.966. The molecule has 1 aromatic heterocycles. The average molecular weight is 224 g/mol. The van der Waals surface area contributed by atoms with Crippen molar-refractivity contribution in [1.29, 1.82) is 0 Å². The highest BCUT2D eigenvalue weighted by Crippen LogP contribution is 1.96. The standard InChI is InChI=1S/C9H12N4O3/c14-8(15)2-1-3-12-9(16)13-7-6-10-4-5-11-7/h4-6H,1-3H2,(H,14,15)(H2,11,12,13,16). The number of aromatic nitrogens is 2.